The maximum absolute atomic E-state index is 14.1. The van der Waals surface area contributed by atoms with Crippen LogP contribution in [0.25, 0.3) is 0 Å². The van der Waals surface area contributed by atoms with Crippen molar-refractivity contribution in [2.24, 2.45) is 0 Å². The van der Waals surface area contributed by atoms with E-state index in [1.54, 1.807) is 0 Å². The number of amides is 2. The van der Waals surface area contributed by atoms with Crippen LogP contribution in [-0.4, -0.2) is 55.5 Å². The maximum Gasteiger partial charge on any atom is 0.258 e. The highest BCUT2D eigenvalue weighted by Crippen LogP contribution is 2.23. The van der Waals surface area contributed by atoms with Crippen molar-refractivity contribution >= 4 is 11.8 Å². The lowest BCUT2D eigenvalue weighted by Gasteiger charge is -2.20. The van der Waals surface area contributed by atoms with Gasteiger partial charge in [0.1, 0.15) is 17.1 Å². The summed E-state index contributed by atoms with van der Waals surface area (Å²) in [6, 6.07) is 3.59. The second-order valence-corrected chi connectivity index (χ2v) is 6.27. The first-order valence-corrected chi connectivity index (χ1v) is 9.12. The molecule has 1 fully saturated rings. The number of hydrogen-bond acceptors (Lipinski definition) is 4. The molecule has 2 amide bonds. The van der Waals surface area contributed by atoms with Gasteiger partial charge in [-0.1, -0.05) is 18.9 Å². The minimum Gasteiger partial charge on any atom is -0.496 e. The highest BCUT2D eigenvalue weighted by molar-refractivity contribution is 5.97. The second-order valence-electron chi connectivity index (χ2n) is 6.27. The summed E-state index contributed by atoms with van der Waals surface area (Å²) in [5, 5.41) is 5.65. The highest BCUT2D eigenvalue weighted by atomic mass is 19.1. The van der Waals surface area contributed by atoms with Crippen LogP contribution in [0.4, 0.5) is 4.39 Å². The van der Waals surface area contributed by atoms with E-state index >= 15 is 0 Å². The summed E-state index contributed by atoms with van der Waals surface area (Å²) in [6.45, 7) is 5.28. The molecule has 1 aromatic carbocycles. The average Bonchev–Trinajstić information content (AvgIpc) is 3.04. The van der Waals surface area contributed by atoms with E-state index < -0.39 is 11.7 Å². The Balaban J connectivity index is 2.12. The molecule has 1 aliphatic rings. The first-order valence-electron chi connectivity index (χ1n) is 9.12. The van der Waals surface area contributed by atoms with Gasteiger partial charge in [-0.2, -0.15) is 0 Å². The fraction of sp³-hybridized carbons (Fsp3) is 0.500. The van der Waals surface area contributed by atoms with Crippen molar-refractivity contribution in [1.82, 2.24) is 15.5 Å². The zero-order chi connectivity index (χ0) is 19.8. The normalized spacial score (nSPS) is 19.1. The van der Waals surface area contributed by atoms with Crippen LogP contribution in [-0.2, 0) is 4.79 Å². The lowest BCUT2D eigenvalue weighted by molar-refractivity contribution is -0.125. The van der Waals surface area contributed by atoms with Crippen LogP contribution in [0, 0.1) is 17.7 Å². The quantitative estimate of drug-likeness (QED) is 0.741. The van der Waals surface area contributed by atoms with Crippen LogP contribution >= 0.6 is 0 Å². The van der Waals surface area contributed by atoms with E-state index in [1.807, 2.05) is 18.7 Å². The van der Waals surface area contributed by atoms with Gasteiger partial charge in [0, 0.05) is 25.6 Å². The van der Waals surface area contributed by atoms with Crippen molar-refractivity contribution < 1.29 is 18.7 Å². The molecule has 6 nitrogen and oxygen atoms in total. The molecular weight excluding hydrogens is 349 g/mol. The summed E-state index contributed by atoms with van der Waals surface area (Å²) < 4.78 is 19.2. The van der Waals surface area contributed by atoms with Crippen molar-refractivity contribution in [2.75, 3.05) is 26.7 Å². The number of halogens is 1. The van der Waals surface area contributed by atoms with Crippen LogP contribution in [0.15, 0.2) is 18.2 Å². The number of carbonyl (C=O) groups is 2. The van der Waals surface area contributed by atoms with Gasteiger partial charge in [0.05, 0.1) is 19.7 Å². The van der Waals surface area contributed by atoms with E-state index in [-0.39, 0.29) is 29.3 Å². The van der Waals surface area contributed by atoms with E-state index in [9.17, 15) is 14.0 Å². The molecule has 146 valence electrons. The van der Waals surface area contributed by atoms with Crippen molar-refractivity contribution in [1.29, 1.82) is 0 Å². The molecule has 2 rings (SSSR count). The Kier molecular flexibility index (Phi) is 7.62. The molecular formula is C20H26FN3O3. The van der Waals surface area contributed by atoms with Crippen LogP contribution in [0.5, 0.6) is 5.75 Å². The first kappa shape index (κ1) is 20.7. The molecule has 1 saturated heterocycles. The van der Waals surface area contributed by atoms with Gasteiger partial charge in [0.2, 0.25) is 5.91 Å². The molecule has 2 N–H and O–H groups in total. The molecule has 2 atom stereocenters. The Bertz CT molecular complexity index is 742. The van der Waals surface area contributed by atoms with Crippen molar-refractivity contribution in [3.8, 4) is 17.6 Å². The zero-order valence-electron chi connectivity index (χ0n) is 16.0. The second kappa shape index (κ2) is 9.93. The molecule has 0 bridgehead atoms. The number of likely N-dealkylation sites (N-methyl/N-ethyl adjacent to an activating group) is 1. The molecule has 0 aromatic heterocycles. The Hall–Kier alpha value is -2.59. The summed E-state index contributed by atoms with van der Waals surface area (Å²) in [7, 11) is 1.39. The first-order chi connectivity index (χ1) is 13.0. The predicted molar refractivity (Wildman–Crippen MR) is 101 cm³/mol. The fourth-order valence-corrected chi connectivity index (χ4v) is 3.18. The minimum absolute atomic E-state index is 0.0870. The van der Waals surface area contributed by atoms with E-state index in [1.165, 1.54) is 25.3 Å². The lowest BCUT2D eigenvalue weighted by Crippen LogP contribution is -2.43. The van der Waals surface area contributed by atoms with Gasteiger partial charge in [0.25, 0.3) is 5.91 Å². The van der Waals surface area contributed by atoms with Crippen LogP contribution in [0.3, 0.4) is 0 Å². The van der Waals surface area contributed by atoms with Gasteiger partial charge in [0.15, 0.2) is 0 Å². The predicted octanol–water partition coefficient (Wildman–Crippen LogP) is 1.56. The third-order valence-corrected chi connectivity index (χ3v) is 4.40. The standard InChI is InChI=1S/C20H26FN3O3/c1-4-6-7-11-24-13-14(12-16(24)19(25)22-5-2)23-20(26)18-15(21)9-8-10-17(18)27-3/h8-10,14,16H,4-5,11-13H2,1-3H3,(H,22,25)(H,23,26)/t14-,16-/m0/s1. The van der Waals surface area contributed by atoms with Gasteiger partial charge in [-0.05, 0) is 25.5 Å². The van der Waals surface area contributed by atoms with Crippen molar-refractivity contribution in [3.63, 3.8) is 0 Å². The summed E-state index contributed by atoms with van der Waals surface area (Å²) in [6.07, 6.45) is 1.19. The van der Waals surface area contributed by atoms with Crippen molar-refractivity contribution in [2.45, 2.75) is 38.8 Å². The number of nitrogens with zero attached hydrogens (tertiary/aromatic N) is 1. The summed E-state index contributed by atoms with van der Waals surface area (Å²) in [5.41, 5.74) is -0.126. The monoisotopic (exact) mass is 375 g/mol. The molecule has 27 heavy (non-hydrogen) atoms. The van der Waals surface area contributed by atoms with Gasteiger partial charge >= 0.3 is 0 Å². The third kappa shape index (κ3) is 5.20. The number of rotatable bonds is 6. The van der Waals surface area contributed by atoms with Gasteiger partial charge in [-0.3, -0.25) is 14.5 Å². The van der Waals surface area contributed by atoms with Crippen LogP contribution in [0.1, 0.15) is 37.0 Å². The number of hydrogen-bond donors (Lipinski definition) is 2. The number of methoxy groups -OCH3 is 1. The minimum atomic E-state index is -0.643. The highest BCUT2D eigenvalue weighted by Gasteiger charge is 2.37. The molecule has 0 unspecified atom stereocenters. The number of carbonyl (C=O) groups excluding carboxylic acids is 2. The lowest BCUT2D eigenvalue weighted by atomic mass is 10.1. The van der Waals surface area contributed by atoms with Gasteiger partial charge < -0.3 is 15.4 Å². The Morgan fingerprint density at radius 3 is 2.78 bits per heavy atom. The van der Waals surface area contributed by atoms with Crippen LogP contribution in [0.2, 0.25) is 0 Å². The molecule has 0 saturated carbocycles. The van der Waals surface area contributed by atoms with Crippen LogP contribution < -0.4 is 15.4 Å². The molecule has 0 radical (unpaired) electrons. The third-order valence-electron chi connectivity index (χ3n) is 4.40. The van der Waals surface area contributed by atoms with E-state index in [4.69, 9.17) is 4.74 Å². The molecule has 0 aliphatic carbocycles. The average molecular weight is 375 g/mol. The molecule has 1 heterocycles. The number of likely N-dealkylation sites (tertiary alicyclic amines) is 1. The molecule has 1 aromatic rings. The van der Waals surface area contributed by atoms with E-state index in [0.29, 0.717) is 26.1 Å². The SMILES string of the molecule is CCC#CCN1C[C@@H](NC(=O)c2c(F)cccc2OC)C[C@H]1C(=O)NCC. The molecule has 0 spiro atoms. The Morgan fingerprint density at radius 1 is 1.33 bits per heavy atom. The zero-order valence-corrected chi connectivity index (χ0v) is 16.0. The van der Waals surface area contributed by atoms with Gasteiger partial charge in [-0.25, -0.2) is 4.39 Å². The Labute approximate surface area is 159 Å². The fourth-order valence-electron chi connectivity index (χ4n) is 3.18. The van der Waals surface area contributed by atoms with Gasteiger partial charge in [-0.15, -0.1) is 5.92 Å². The largest absolute Gasteiger partial charge is 0.496 e. The molecule has 7 heteroatoms. The van der Waals surface area contributed by atoms with Crippen molar-refractivity contribution in [3.05, 3.63) is 29.6 Å². The smallest absolute Gasteiger partial charge is 0.258 e. The Morgan fingerprint density at radius 2 is 2.11 bits per heavy atom. The summed E-state index contributed by atoms with van der Waals surface area (Å²) >= 11 is 0. The number of nitrogens with one attached hydrogen (secondary N) is 2. The maximum atomic E-state index is 14.1. The topological polar surface area (TPSA) is 70.7 Å². The number of ether oxygens (including phenoxy) is 1. The van der Waals surface area contributed by atoms with E-state index in [0.717, 1.165) is 6.42 Å². The summed E-state index contributed by atoms with van der Waals surface area (Å²) in [4.78, 5) is 26.9. The molecule has 1 aliphatic heterocycles. The summed E-state index contributed by atoms with van der Waals surface area (Å²) in [5.74, 6) is 4.93. The number of benzene rings is 1. The van der Waals surface area contributed by atoms with E-state index in [2.05, 4.69) is 22.5 Å².